The van der Waals surface area contributed by atoms with Gasteiger partial charge in [-0.15, -0.1) is 0 Å². The molecule has 1 amide bonds. The lowest BCUT2D eigenvalue weighted by Gasteiger charge is -2.08. The molecule has 0 saturated heterocycles. The van der Waals surface area contributed by atoms with Crippen molar-refractivity contribution < 1.29 is 9.18 Å². The maximum Gasteiger partial charge on any atom is 0.238 e. The summed E-state index contributed by atoms with van der Waals surface area (Å²) in [6.07, 6.45) is 0. The zero-order chi connectivity index (χ0) is 13.8. The SMILES string of the molecule is Cc1ccc(-c2ccc(NC(=O)CN)c(F)c2)cc1. The second-order valence-corrected chi connectivity index (χ2v) is 4.31. The number of aryl methyl sites for hydroxylation is 1. The van der Waals surface area contributed by atoms with Crippen LogP contribution in [0.25, 0.3) is 11.1 Å². The van der Waals surface area contributed by atoms with E-state index in [0.717, 1.165) is 16.7 Å². The van der Waals surface area contributed by atoms with Crippen LogP contribution in [0.4, 0.5) is 10.1 Å². The highest BCUT2D eigenvalue weighted by molar-refractivity contribution is 5.92. The van der Waals surface area contributed by atoms with E-state index in [4.69, 9.17) is 5.73 Å². The molecule has 0 radical (unpaired) electrons. The van der Waals surface area contributed by atoms with Gasteiger partial charge in [-0.3, -0.25) is 4.79 Å². The van der Waals surface area contributed by atoms with Crippen molar-refractivity contribution in [3.63, 3.8) is 0 Å². The molecule has 0 atom stereocenters. The van der Waals surface area contributed by atoms with Crippen molar-refractivity contribution >= 4 is 11.6 Å². The zero-order valence-electron chi connectivity index (χ0n) is 10.6. The standard InChI is InChI=1S/C15H15FN2O/c1-10-2-4-11(5-3-10)12-6-7-14(13(16)8-12)18-15(19)9-17/h2-8H,9,17H2,1H3,(H,18,19). The summed E-state index contributed by atoms with van der Waals surface area (Å²) in [5, 5.41) is 2.41. The average molecular weight is 258 g/mol. The van der Waals surface area contributed by atoms with Gasteiger partial charge in [0.05, 0.1) is 12.2 Å². The Labute approximate surface area is 111 Å². The van der Waals surface area contributed by atoms with Crippen molar-refractivity contribution in [1.29, 1.82) is 0 Å². The van der Waals surface area contributed by atoms with Crippen molar-refractivity contribution in [3.05, 3.63) is 53.8 Å². The Bertz CT molecular complexity index is 594. The molecule has 0 aliphatic heterocycles. The molecule has 0 bridgehead atoms. The molecular formula is C15H15FN2O. The molecule has 0 aliphatic carbocycles. The molecule has 2 aromatic rings. The molecule has 19 heavy (non-hydrogen) atoms. The maximum absolute atomic E-state index is 13.9. The van der Waals surface area contributed by atoms with E-state index in [2.05, 4.69) is 5.32 Å². The van der Waals surface area contributed by atoms with Crippen molar-refractivity contribution in [2.75, 3.05) is 11.9 Å². The lowest BCUT2D eigenvalue weighted by atomic mass is 10.0. The molecule has 0 aromatic heterocycles. The number of halogens is 1. The fourth-order valence-electron chi connectivity index (χ4n) is 1.74. The topological polar surface area (TPSA) is 55.1 Å². The Morgan fingerprint density at radius 3 is 2.37 bits per heavy atom. The van der Waals surface area contributed by atoms with E-state index < -0.39 is 11.7 Å². The summed E-state index contributed by atoms with van der Waals surface area (Å²) in [5.74, 6) is -0.887. The van der Waals surface area contributed by atoms with Crippen LogP contribution in [0, 0.1) is 12.7 Å². The van der Waals surface area contributed by atoms with Gasteiger partial charge in [-0.2, -0.15) is 0 Å². The molecule has 2 aromatic carbocycles. The van der Waals surface area contributed by atoms with Crippen molar-refractivity contribution in [2.24, 2.45) is 5.73 Å². The Hall–Kier alpha value is -2.20. The number of hydrogen-bond acceptors (Lipinski definition) is 2. The van der Waals surface area contributed by atoms with Gasteiger partial charge in [-0.1, -0.05) is 35.9 Å². The monoisotopic (exact) mass is 258 g/mol. The van der Waals surface area contributed by atoms with Gasteiger partial charge in [-0.25, -0.2) is 4.39 Å². The molecule has 2 rings (SSSR count). The van der Waals surface area contributed by atoms with Crippen LogP contribution < -0.4 is 11.1 Å². The minimum atomic E-state index is -0.472. The first kappa shape index (κ1) is 13.2. The quantitative estimate of drug-likeness (QED) is 0.889. The normalized spacial score (nSPS) is 10.3. The highest BCUT2D eigenvalue weighted by Gasteiger charge is 2.07. The predicted octanol–water partition coefficient (Wildman–Crippen LogP) is 2.70. The first-order valence-electron chi connectivity index (χ1n) is 5.96. The lowest BCUT2D eigenvalue weighted by molar-refractivity contribution is -0.114. The fraction of sp³-hybridized carbons (Fsp3) is 0.133. The van der Waals surface area contributed by atoms with Gasteiger partial charge in [-0.05, 0) is 30.2 Å². The van der Waals surface area contributed by atoms with Crippen LogP contribution in [0.1, 0.15) is 5.56 Å². The van der Waals surface area contributed by atoms with Crippen molar-refractivity contribution in [3.8, 4) is 11.1 Å². The number of hydrogen-bond donors (Lipinski definition) is 2. The van der Waals surface area contributed by atoms with E-state index in [0.29, 0.717) is 0 Å². The third-order valence-electron chi connectivity index (χ3n) is 2.81. The number of nitrogens with two attached hydrogens (primary N) is 1. The van der Waals surface area contributed by atoms with Crippen LogP contribution >= 0.6 is 0 Å². The molecule has 0 unspecified atom stereocenters. The summed E-state index contributed by atoms with van der Waals surface area (Å²) in [6.45, 7) is 1.83. The Morgan fingerprint density at radius 1 is 1.16 bits per heavy atom. The molecule has 98 valence electrons. The van der Waals surface area contributed by atoms with E-state index in [-0.39, 0.29) is 12.2 Å². The van der Waals surface area contributed by atoms with E-state index in [1.165, 1.54) is 12.1 Å². The number of nitrogens with one attached hydrogen (secondary N) is 1. The molecule has 3 N–H and O–H groups in total. The van der Waals surface area contributed by atoms with Gasteiger partial charge in [0.2, 0.25) is 5.91 Å². The summed E-state index contributed by atoms with van der Waals surface area (Å²) >= 11 is 0. The second kappa shape index (κ2) is 5.63. The molecule has 4 heteroatoms. The number of amides is 1. The van der Waals surface area contributed by atoms with Crippen LogP contribution in [0.5, 0.6) is 0 Å². The summed E-state index contributed by atoms with van der Waals surface area (Å²) in [5.41, 5.74) is 8.16. The van der Waals surface area contributed by atoms with Crippen molar-refractivity contribution in [1.82, 2.24) is 0 Å². The summed E-state index contributed by atoms with van der Waals surface area (Å²) in [6, 6.07) is 12.5. The zero-order valence-corrected chi connectivity index (χ0v) is 10.6. The van der Waals surface area contributed by atoms with E-state index in [1.807, 2.05) is 31.2 Å². The highest BCUT2D eigenvalue weighted by Crippen LogP contribution is 2.24. The van der Waals surface area contributed by atoms with Crippen LogP contribution in [0.3, 0.4) is 0 Å². The number of anilines is 1. The Kier molecular flexibility index (Phi) is 3.92. The first-order valence-corrected chi connectivity index (χ1v) is 5.96. The smallest absolute Gasteiger partial charge is 0.238 e. The molecular weight excluding hydrogens is 243 g/mol. The number of benzene rings is 2. The number of carbonyl (C=O) groups is 1. The minimum Gasteiger partial charge on any atom is -0.322 e. The van der Waals surface area contributed by atoms with Gasteiger partial charge < -0.3 is 11.1 Å². The third-order valence-corrected chi connectivity index (χ3v) is 2.81. The predicted molar refractivity (Wildman–Crippen MR) is 74.3 cm³/mol. The van der Waals surface area contributed by atoms with Crippen LogP contribution in [-0.4, -0.2) is 12.5 Å². The molecule has 0 fully saturated rings. The molecule has 3 nitrogen and oxygen atoms in total. The maximum atomic E-state index is 13.9. The van der Waals surface area contributed by atoms with E-state index in [9.17, 15) is 9.18 Å². The van der Waals surface area contributed by atoms with E-state index >= 15 is 0 Å². The van der Waals surface area contributed by atoms with Crippen LogP contribution in [0.2, 0.25) is 0 Å². The largest absolute Gasteiger partial charge is 0.322 e. The number of carbonyl (C=O) groups excluding carboxylic acids is 1. The molecule has 0 aliphatic rings. The van der Waals surface area contributed by atoms with Gasteiger partial charge in [0.25, 0.3) is 0 Å². The van der Waals surface area contributed by atoms with E-state index in [1.54, 1.807) is 6.07 Å². The van der Waals surface area contributed by atoms with Gasteiger partial charge >= 0.3 is 0 Å². The van der Waals surface area contributed by atoms with Crippen LogP contribution in [-0.2, 0) is 4.79 Å². The summed E-state index contributed by atoms with van der Waals surface area (Å²) in [4.78, 5) is 11.1. The Morgan fingerprint density at radius 2 is 1.79 bits per heavy atom. The van der Waals surface area contributed by atoms with Crippen LogP contribution in [0.15, 0.2) is 42.5 Å². The third kappa shape index (κ3) is 3.17. The summed E-state index contributed by atoms with van der Waals surface area (Å²) in [7, 11) is 0. The molecule has 0 spiro atoms. The summed E-state index contributed by atoms with van der Waals surface area (Å²) < 4.78 is 13.9. The van der Waals surface area contributed by atoms with Crippen molar-refractivity contribution in [2.45, 2.75) is 6.92 Å². The highest BCUT2D eigenvalue weighted by atomic mass is 19.1. The average Bonchev–Trinajstić information content (AvgIpc) is 2.41. The van der Waals surface area contributed by atoms with Gasteiger partial charge in [0.15, 0.2) is 0 Å². The van der Waals surface area contributed by atoms with Gasteiger partial charge in [0, 0.05) is 0 Å². The minimum absolute atomic E-state index is 0.145. The Balaban J connectivity index is 2.28. The number of rotatable bonds is 3. The molecule has 0 saturated carbocycles. The first-order chi connectivity index (χ1) is 9.10. The molecule has 0 heterocycles. The second-order valence-electron chi connectivity index (χ2n) is 4.31. The fourth-order valence-corrected chi connectivity index (χ4v) is 1.74. The lowest BCUT2D eigenvalue weighted by Crippen LogP contribution is -2.22. The van der Waals surface area contributed by atoms with Gasteiger partial charge in [0.1, 0.15) is 5.82 Å².